The highest BCUT2D eigenvalue weighted by Crippen LogP contribution is 2.27. The van der Waals surface area contributed by atoms with Crippen LogP contribution in [0, 0.1) is 10.1 Å². The van der Waals surface area contributed by atoms with Crippen molar-refractivity contribution in [3.63, 3.8) is 0 Å². The molecule has 3 aromatic carbocycles. The van der Waals surface area contributed by atoms with E-state index >= 15 is 0 Å². The molecule has 9 heteroatoms. The van der Waals surface area contributed by atoms with Gasteiger partial charge in [0.05, 0.1) is 40.8 Å². The zero-order valence-corrected chi connectivity index (χ0v) is 19.2. The summed E-state index contributed by atoms with van der Waals surface area (Å²) in [4.78, 5) is 50.4. The van der Waals surface area contributed by atoms with Crippen LogP contribution in [-0.4, -0.2) is 34.2 Å². The molecular weight excluding hydrogens is 450 g/mol. The van der Waals surface area contributed by atoms with Crippen LogP contribution < -0.4 is 10.1 Å². The van der Waals surface area contributed by atoms with Crippen molar-refractivity contribution >= 4 is 23.4 Å². The Kier molecular flexibility index (Phi) is 6.59. The number of rotatable bonds is 8. The average Bonchev–Trinajstić information content (AvgIpc) is 3.10. The van der Waals surface area contributed by atoms with Crippen LogP contribution in [0.3, 0.4) is 0 Å². The second-order valence-electron chi connectivity index (χ2n) is 8.05. The number of fused-ring (bicyclic) bond motifs is 1. The van der Waals surface area contributed by atoms with Gasteiger partial charge < -0.3 is 10.1 Å². The molecule has 9 nitrogen and oxygen atoms in total. The van der Waals surface area contributed by atoms with E-state index in [0.717, 1.165) is 4.90 Å². The molecule has 35 heavy (non-hydrogen) atoms. The summed E-state index contributed by atoms with van der Waals surface area (Å²) >= 11 is 0. The number of carbonyl (C=O) groups excluding carboxylic acids is 3. The van der Waals surface area contributed by atoms with Crippen molar-refractivity contribution in [1.82, 2.24) is 10.2 Å². The van der Waals surface area contributed by atoms with Crippen molar-refractivity contribution in [1.29, 1.82) is 0 Å². The molecule has 1 aliphatic rings. The summed E-state index contributed by atoms with van der Waals surface area (Å²) in [5, 5.41) is 13.9. The van der Waals surface area contributed by atoms with Crippen LogP contribution in [0.5, 0.6) is 5.75 Å². The summed E-state index contributed by atoms with van der Waals surface area (Å²) in [5.74, 6) is -0.867. The van der Waals surface area contributed by atoms with E-state index in [1.165, 1.54) is 12.1 Å². The lowest BCUT2D eigenvalue weighted by Crippen LogP contribution is -2.30. The SMILES string of the molecule is CCOc1ccc(CN2C(=O)c3ccccc3C2=O)cc1C(=O)NC(C)c1cccc([N+](=O)[O-])c1. The van der Waals surface area contributed by atoms with Gasteiger partial charge in [0.25, 0.3) is 23.4 Å². The summed E-state index contributed by atoms with van der Waals surface area (Å²) in [6, 6.07) is 17.1. The zero-order chi connectivity index (χ0) is 25.1. The van der Waals surface area contributed by atoms with Crippen molar-refractivity contribution in [2.24, 2.45) is 0 Å². The minimum Gasteiger partial charge on any atom is -0.493 e. The van der Waals surface area contributed by atoms with E-state index in [9.17, 15) is 24.5 Å². The summed E-state index contributed by atoms with van der Waals surface area (Å²) in [6.07, 6.45) is 0. The summed E-state index contributed by atoms with van der Waals surface area (Å²) in [6.45, 7) is 3.85. The van der Waals surface area contributed by atoms with Crippen LogP contribution in [-0.2, 0) is 6.54 Å². The molecule has 0 aliphatic carbocycles. The number of nitro groups is 1. The molecule has 0 bridgehead atoms. The maximum Gasteiger partial charge on any atom is 0.269 e. The predicted octanol–water partition coefficient (Wildman–Crippen LogP) is 4.28. The van der Waals surface area contributed by atoms with Crippen LogP contribution in [0.2, 0.25) is 0 Å². The maximum atomic E-state index is 13.2. The molecule has 1 unspecified atom stereocenters. The Morgan fingerprint density at radius 1 is 1.03 bits per heavy atom. The number of amides is 3. The Bertz CT molecular complexity index is 1300. The standard InChI is InChI=1S/C26H23N3O6/c1-3-35-23-12-11-17(15-28-25(31)20-9-4-5-10-21(20)26(28)32)13-22(23)24(30)27-16(2)18-7-6-8-19(14-18)29(33)34/h4-14,16H,3,15H2,1-2H3,(H,27,30). The van der Waals surface area contributed by atoms with Crippen molar-refractivity contribution < 1.29 is 24.0 Å². The molecule has 0 fully saturated rings. The molecule has 3 aromatic rings. The number of hydrogen-bond donors (Lipinski definition) is 1. The lowest BCUT2D eigenvalue weighted by molar-refractivity contribution is -0.384. The molecule has 0 spiro atoms. The van der Waals surface area contributed by atoms with E-state index in [0.29, 0.717) is 34.6 Å². The van der Waals surface area contributed by atoms with Crippen molar-refractivity contribution in [2.45, 2.75) is 26.4 Å². The van der Waals surface area contributed by atoms with Gasteiger partial charge in [-0.05, 0) is 49.2 Å². The molecule has 1 N–H and O–H groups in total. The second-order valence-corrected chi connectivity index (χ2v) is 8.05. The number of hydrogen-bond acceptors (Lipinski definition) is 6. The van der Waals surface area contributed by atoms with Crippen LogP contribution in [0.15, 0.2) is 66.7 Å². The van der Waals surface area contributed by atoms with Crippen molar-refractivity contribution in [3.8, 4) is 5.75 Å². The van der Waals surface area contributed by atoms with E-state index < -0.39 is 16.9 Å². The molecule has 0 saturated carbocycles. The van der Waals surface area contributed by atoms with E-state index in [4.69, 9.17) is 4.74 Å². The van der Waals surface area contributed by atoms with Gasteiger partial charge in [0, 0.05) is 12.1 Å². The first-order valence-corrected chi connectivity index (χ1v) is 11.1. The zero-order valence-electron chi connectivity index (χ0n) is 19.2. The van der Waals surface area contributed by atoms with E-state index in [1.54, 1.807) is 68.4 Å². The molecular formula is C26H23N3O6. The number of ether oxygens (including phenoxy) is 1. The largest absolute Gasteiger partial charge is 0.493 e. The highest BCUT2D eigenvalue weighted by atomic mass is 16.6. The smallest absolute Gasteiger partial charge is 0.269 e. The quantitative estimate of drug-likeness (QED) is 0.296. The lowest BCUT2D eigenvalue weighted by atomic mass is 10.1. The number of carbonyl (C=O) groups is 3. The topological polar surface area (TPSA) is 119 Å². The second kappa shape index (κ2) is 9.76. The molecule has 0 radical (unpaired) electrons. The van der Waals surface area contributed by atoms with E-state index in [2.05, 4.69) is 5.32 Å². The molecule has 178 valence electrons. The lowest BCUT2D eigenvalue weighted by Gasteiger charge is -2.18. The highest BCUT2D eigenvalue weighted by molar-refractivity contribution is 6.21. The third kappa shape index (κ3) is 4.74. The van der Waals surface area contributed by atoms with Gasteiger partial charge in [-0.15, -0.1) is 0 Å². The Morgan fingerprint density at radius 3 is 2.34 bits per heavy atom. The number of non-ortho nitro benzene ring substituents is 1. The number of nitrogens with zero attached hydrogens (tertiary/aromatic N) is 2. The highest BCUT2D eigenvalue weighted by Gasteiger charge is 2.35. The van der Waals surface area contributed by atoms with Gasteiger partial charge in [-0.2, -0.15) is 0 Å². The maximum absolute atomic E-state index is 13.2. The van der Waals surface area contributed by atoms with E-state index in [1.807, 2.05) is 0 Å². The molecule has 4 rings (SSSR count). The first-order valence-electron chi connectivity index (χ1n) is 11.1. The minimum atomic E-state index is -0.517. The molecule has 1 aliphatic heterocycles. The first kappa shape index (κ1) is 23.6. The number of nitrogens with one attached hydrogen (secondary N) is 1. The predicted molar refractivity (Wildman–Crippen MR) is 127 cm³/mol. The molecule has 1 atom stereocenters. The van der Waals surface area contributed by atoms with Gasteiger partial charge in [0.1, 0.15) is 5.75 Å². The van der Waals surface area contributed by atoms with Gasteiger partial charge in [0.2, 0.25) is 0 Å². The van der Waals surface area contributed by atoms with Gasteiger partial charge in [-0.1, -0.05) is 30.3 Å². The Hall–Kier alpha value is -4.53. The van der Waals surface area contributed by atoms with Gasteiger partial charge in [-0.25, -0.2) is 0 Å². The van der Waals surface area contributed by atoms with Crippen LogP contribution in [0.4, 0.5) is 5.69 Å². The fraction of sp³-hybridized carbons (Fsp3) is 0.192. The average molecular weight is 473 g/mol. The molecule has 1 heterocycles. The Morgan fingerprint density at radius 2 is 1.71 bits per heavy atom. The molecule has 3 amide bonds. The Balaban J connectivity index is 1.57. The van der Waals surface area contributed by atoms with Crippen LogP contribution >= 0.6 is 0 Å². The number of benzene rings is 3. The van der Waals surface area contributed by atoms with Gasteiger partial charge in [0.15, 0.2) is 0 Å². The summed E-state index contributed by atoms with van der Waals surface area (Å²) in [7, 11) is 0. The van der Waals surface area contributed by atoms with Crippen molar-refractivity contribution in [3.05, 3.63) is 105 Å². The normalized spacial score (nSPS) is 13.4. The van der Waals surface area contributed by atoms with Crippen molar-refractivity contribution in [2.75, 3.05) is 6.61 Å². The number of imide groups is 1. The number of nitro benzene ring substituents is 1. The van der Waals surface area contributed by atoms with Gasteiger partial charge >= 0.3 is 0 Å². The van der Waals surface area contributed by atoms with Gasteiger partial charge in [-0.3, -0.25) is 29.4 Å². The monoisotopic (exact) mass is 473 g/mol. The van der Waals surface area contributed by atoms with E-state index in [-0.39, 0.29) is 29.6 Å². The fourth-order valence-electron chi connectivity index (χ4n) is 3.97. The molecule has 0 aromatic heterocycles. The third-order valence-corrected chi connectivity index (χ3v) is 5.74. The Labute approximate surface area is 201 Å². The minimum absolute atomic E-state index is 0.000531. The van der Waals surface area contributed by atoms with Crippen LogP contribution in [0.25, 0.3) is 0 Å². The summed E-state index contributed by atoms with van der Waals surface area (Å²) < 4.78 is 5.62. The van der Waals surface area contributed by atoms with Crippen LogP contribution in [0.1, 0.15) is 62.1 Å². The molecule has 0 saturated heterocycles. The third-order valence-electron chi connectivity index (χ3n) is 5.74. The fourth-order valence-corrected chi connectivity index (χ4v) is 3.97. The first-order chi connectivity index (χ1) is 16.8. The summed E-state index contributed by atoms with van der Waals surface area (Å²) in [5.41, 5.74) is 2.03.